The number of carbonyl (C=O) groups is 1. The normalized spacial score (nSPS) is 13.4. The fraction of sp³-hybridized carbons (Fsp3) is 0.182. The summed E-state index contributed by atoms with van der Waals surface area (Å²) in [4.78, 5) is 21.2. The van der Waals surface area contributed by atoms with Crippen molar-refractivity contribution in [1.82, 2.24) is 25.1 Å². The number of benzene rings is 2. The van der Waals surface area contributed by atoms with Gasteiger partial charge in [-0.15, -0.1) is 0 Å². The van der Waals surface area contributed by atoms with E-state index in [0.29, 0.717) is 23.1 Å². The Morgan fingerprint density at radius 2 is 1.93 bits per heavy atom. The van der Waals surface area contributed by atoms with Crippen LogP contribution in [-0.4, -0.2) is 31.7 Å². The van der Waals surface area contributed by atoms with E-state index in [9.17, 15) is 4.79 Å². The average molecular weight is 399 g/mol. The van der Waals surface area contributed by atoms with Gasteiger partial charge in [-0.3, -0.25) is 4.79 Å². The molecule has 0 unspecified atom stereocenters. The molecule has 1 amide bonds. The molecular formula is C22H21N7O. The van der Waals surface area contributed by atoms with Gasteiger partial charge in [-0.25, -0.2) is 4.68 Å². The monoisotopic (exact) mass is 399 g/mol. The molecule has 150 valence electrons. The summed E-state index contributed by atoms with van der Waals surface area (Å²) in [7, 11) is 0. The van der Waals surface area contributed by atoms with Crippen molar-refractivity contribution in [2.24, 2.45) is 0 Å². The van der Waals surface area contributed by atoms with E-state index in [4.69, 9.17) is 5.73 Å². The molecule has 8 heteroatoms. The first kappa shape index (κ1) is 18.1. The minimum absolute atomic E-state index is 0.0650. The van der Waals surface area contributed by atoms with Gasteiger partial charge in [0, 0.05) is 17.3 Å². The maximum absolute atomic E-state index is 12.4. The number of rotatable bonds is 5. The van der Waals surface area contributed by atoms with Gasteiger partial charge in [0.1, 0.15) is 5.82 Å². The lowest BCUT2D eigenvalue weighted by molar-refractivity contribution is 0.0951. The zero-order chi connectivity index (χ0) is 20.7. The van der Waals surface area contributed by atoms with E-state index in [1.807, 2.05) is 55.5 Å². The molecule has 0 bridgehead atoms. The van der Waals surface area contributed by atoms with E-state index in [0.717, 1.165) is 35.2 Å². The van der Waals surface area contributed by atoms with Crippen LogP contribution in [-0.2, 0) is 0 Å². The first-order chi connectivity index (χ1) is 14.6. The van der Waals surface area contributed by atoms with Crippen LogP contribution >= 0.6 is 0 Å². The van der Waals surface area contributed by atoms with Crippen molar-refractivity contribution in [2.45, 2.75) is 25.8 Å². The summed E-state index contributed by atoms with van der Waals surface area (Å²) in [5, 5.41) is 11.5. The number of hydrogen-bond acceptors (Lipinski definition) is 6. The van der Waals surface area contributed by atoms with E-state index in [1.165, 1.54) is 0 Å². The first-order valence-electron chi connectivity index (χ1n) is 9.84. The van der Waals surface area contributed by atoms with E-state index in [2.05, 4.69) is 25.7 Å². The number of aromatic nitrogens is 4. The summed E-state index contributed by atoms with van der Waals surface area (Å²) in [6.45, 7) is 1.97. The Morgan fingerprint density at radius 3 is 2.70 bits per heavy atom. The maximum atomic E-state index is 12.4. The van der Waals surface area contributed by atoms with Gasteiger partial charge >= 0.3 is 0 Å². The third-order valence-corrected chi connectivity index (χ3v) is 5.11. The minimum atomic E-state index is -0.0650. The highest BCUT2D eigenvalue weighted by atomic mass is 16.1. The van der Waals surface area contributed by atoms with Gasteiger partial charge in [0.25, 0.3) is 5.91 Å². The van der Waals surface area contributed by atoms with Gasteiger partial charge in [0.05, 0.1) is 17.3 Å². The lowest BCUT2D eigenvalue weighted by Gasteiger charge is -2.12. The van der Waals surface area contributed by atoms with Crippen LogP contribution in [0.4, 0.5) is 17.5 Å². The molecule has 2 heterocycles. The van der Waals surface area contributed by atoms with E-state index in [-0.39, 0.29) is 11.9 Å². The number of hydrogen-bond donors (Lipinski definition) is 3. The zero-order valence-corrected chi connectivity index (χ0v) is 16.5. The second kappa shape index (κ2) is 7.14. The van der Waals surface area contributed by atoms with Crippen LogP contribution in [0.25, 0.3) is 16.7 Å². The van der Waals surface area contributed by atoms with Crippen LogP contribution in [0.15, 0.2) is 54.7 Å². The quantitative estimate of drug-likeness (QED) is 0.475. The predicted molar refractivity (Wildman–Crippen MR) is 116 cm³/mol. The number of aryl methyl sites for hydroxylation is 1. The molecule has 30 heavy (non-hydrogen) atoms. The summed E-state index contributed by atoms with van der Waals surface area (Å²) in [5.74, 6) is 0.621. The molecule has 0 saturated heterocycles. The van der Waals surface area contributed by atoms with Crippen molar-refractivity contribution < 1.29 is 4.79 Å². The molecule has 1 aliphatic rings. The second-order valence-electron chi connectivity index (χ2n) is 7.46. The molecular weight excluding hydrogens is 378 g/mol. The third kappa shape index (κ3) is 3.43. The van der Waals surface area contributed by atoms with Crippen molar-refractivity contribution in [3.63, 3.8) is 0 Å². The molecule has 4 N–H and O–H groups in total. The third-order valence-electron chi connectivity index (χ3n) is 5.11. The van der Waals surface area contributed by atoms with Gasteiger partial charge < -0.3 is 16.4 Å². The fourth-order valence-corrected chi connectivity index (χ4v) is 3.30. The number of nitrogen functional groups attached to an aromatic ring is 1. The number of nitrogens with one attached hydrogen (secondary N) is 2. The topological polar surface area (TPSA) is 111 Å². The SMILES string of the molecule is Cc1ccc(C(=O)NC2CC2)cc1Nc1nc(N)nc2c1cnn2-c1ccccc1. The van der Waals surface area contributed by atoms with E-state index < -0.39 is 0 Å². The Hall–Kier alpha value is -3.94. The van der Waals surface area contributed by atoms with Crippen LogP contribution in [0.3, 0.4) is 0 Å². The van der Waals surface area contributed by atoms with Crippen molar-refractivity contribution in [2.75, 3.05) is 11.1 Å². The largest absolute Gasteiger partial charge is 0.368 e. The molecule has 2 aromatic heterocycles. The average Bonchev–Trinajstić information content (AvgIpc) is 3.46. The Balaban J connectivity index is 1.53. The highest BCUT2D eigenvalue weighted by Crippen LogP contribution is 2.28. The van der Waals surface area contributed by atoms with Crippen molar-refractivity contribution in [1.29, 1.82) is 0 Å². The molecule has 0 spiro atoms. The zero-order valence-electron chi connectivity index (χ0n) is 16.5. The molecule has 0 radical (unpaired) electrons. The predicted octanol–water partition coefficient (Wildman–Crippen LogP) is 3.34. The number of amides is 1. The Morgan fingerprint density at radius 1 is 1.13 bits per heavy atom. The van der Waals surface area contributed by atoms with Gasteiger partial charge in [-0.05, 0) is 49.6 Å². The summed E-state index contributed by atoms with van der Waals surface area (Å²) in [6, 6.07) is 15.6. The Bertz CT molecular complexity index is 1250. The summed E-state index contributed by atoms with van der Waals surface area (Å²) >= 11 is 0. The van der Waals surface area contributed by atoms with Crippen LogP contribution in [0.1, 0.15) is 28.8 Å². The minimum Gasteiger partial charge on any atom is -0.368 e. The molecule has 0 atom stereocenters. The molecule has 1 saturated carbocycles. The summed E-state index contributed by atoms with van der Waals surface area (Å²) < 4.78 is 1.73. The van der Waals surface area contributed by atoms with Crippen molar-refractivity contribution in [3.8, 4) is 5.69 Å². The standard InChI is InChI=1S/C22H21N7O/c1-13-7-8-14(21(30)25-15-9-10-15)11-18(13)26-19-17-12-24-29(16-5-3-2-4-6-16)20(17)28-22(23)27-19/h2-8,11-12,15H,9-10H2,1H3,(H,25,30)(H3,23,26,27,28). The summed E-state index contributed by atoms with van der Waals surface area (Å²) in [6.07, 6.45) is 3.81. The Kier molecular flexibility index (Phi) is 4.31. The number of carbonyl (C=O) groups excluding carboxylic acids is 1. The first-order valence-corrected chi connectivity index (χ1v) is 9.84. The lowest BCUT2D eigenvalue weighted by Crippen LogP contribution is -2.25. The van der Waals surface area contributed by atoms with E-state index >= 15 is 0 Å². The number of fused-ring (bicyclic) bond motifs is 1. The molecule has 0 aliphatic heterocycles. The number of nitrogens with zero attached hydrogens (tertiary/aromatic N) is 4. The van der Waals surface area contributed by atoms with Gasteiger partial charge in [0.15, 0.2) is 5.65 Å². The number of nitrogens with two attached hydrogens (primary N) is 1. The number of para-hydroxylation sites is 1. The van der Waals surface area contributed by atoms with Crippen molar-refractivity contribution in [3.05, 3.63) is 65.9 Å². The number of anilines is 3. The molecule has 2 aromatic carbocycles. The van der Waals surface area contributed by atoms with Crippen LogP contribution in [0.5, 0.6) is 0 Å². The molecule has 5 rings (SSSR count). The Labute approximate surface area is 173 Å². The lowest BCUT2D eigenvalue weighted by atomic mass is 10.1. The highest BCUT2D eigenvalue weighted by Gasteiger charge is 2.24. The van der Waals surface area contributed by atoms with Gasteiger partial charge in [0.2, 0.25) is 5.95 Å². The smallest absolute Gasteiger partial charge is 0.251 e. The highest BCUT2D eigenvalue weighted by molar-refractivity contribution is 5.96. The molecule has 1 fully saturated rings. The van der Waals surface area contributed by atoms with E-state index in [1.54, 1.807) is 10.9 Å². The second-order valence-corrected chi connectivity index (χ2v) is 7.46. The molecule has 1 aliphatic carbocycles. The van der Waals surface area contributed by atoms with Crippen molar-refractivity contribution >= 4 is 34.4 Å². The molecule has 4 aromatic rings. The van der Waals surface area contributed by atoms with Crippen LogP contribution in [0.2, 0.25) is 0 Å². The van der Waals surface area contributed by atoms with Crippen LogP contribution < -0.4 is 16.4 Å². The fourth-order valence-electron chi connectivity index (χ4n) is 3.30. The van der Waals surface area contributed by atoms with Gasteiger partial charge in [-0.1, -0.05) is 24.3 Å². The van der Waals surface area contributed by atoms with Crippen LogP contribution in [0, 0.1) is 6.92 Å². The summed E-state index contributed by atoms with van der Waals surface area (Å²) in [5.41, 5.74) is 9.86. The van der Waals surface area contributed by atoms with Gasteiger partial charge in [-0.2, -0.15) is 15.1 Å². The molecule has 8 nitrogen and oxygen atoms in total. The maximum Gasteiger partial charge on any atom is 0.251 e.